The monoisotopic (exact) mass is 293 g/mol. The molecule has 0 aliphatic carbocycles. The number of ether oxygens (including phenoxy) is 1. The minimum Gasteiger partial charge on any atom is -0.484 e. The molecular weight excluding hydrogens is 270 g/mol. The highest BCUT2D eigenvalue weighted by Crippen LogP contribution is 2.13. The van der Waals surface area contributed by atoms with Crippen molar-refractivity contribution in [3.63, 3.8) is 0 Å². The molecule has 0 saturated carbocycles. The van der Waals surface area contributed by atoms with Crippen LogP contribution in [-0.2, 0) is 9.59 Å². The highest BCUT2D eigenvalue weighted by atomic mass is 16.5. The number of carbonyl (C=O) groups is 2. The Labute approximate surface area is 125 Å². The molecule has 1 aromatic carbocycles. The van der Waals surface area contributed by atoms with E-state index in [0.717, 1.165) is 6.42 Å². The number of benzene rings is 1. The van der Waals surface area contributed by atoms with Gasteiger partial charge in [-0.05, 0) is 30.7 Å². The summed E-state index contributed by atoms with van der Waals surface area (Å²) in [6.45, 7) is 2.47. The number of amides is 2. The summed E-state index contributed by atoms with van der Waals surface area (Å²) in [5.41, 5.74) is 6.22. The maximum Gasteiger partial charge on any atom is 0.260 e. The second-order valence-corrected chi connectivity index (χ2v) is 4.96. The molecule has 0 fully saturated rings. The second kappa shape index (κ2) is 8.14. The first kappa shape index (κ1) is 16.8. The molecule has 6 nitrogen and oxygen atoms in total. The summed E-state index contributed by atoms with van der Waals surface area (Å²) in [5.74, 6) is 0.265. The van der Waals surface area contributed by atoms with Crippen LogP contribution in [0.25, 0.3) is 0 Å². The first-order chi connectivity index (χ1) is 9.93. The molecule has 1 aromatic rings. The Morgan fingerprint density at radius 2 is 1.76 bits per heavy atom. The van der Waals surface area contributed by atoms with Gasteiger partial charge in [-0.1, -0.05) is 6.92 Å². The van der Waals surface area contributed by atoms with Crippen LogP contribution in [-0.4, -0.2) is 55.4 Å². The lowest BCUT2D eigenvalue weighted by Gasteiger charge is -2.23. The van der Waals surface area contributed by atoms with E-state index >= 15 is 0 Å². The van der Waals surface area contributed by atoms with Crippen LogP contribution in [0.3, 0.4) is 0 Å². The van der Waals surface area contributed by atoms with Gasteiger partial charge in [0.15, 0.2) is 6.61 Å². The van der Waals surface area contributed by atoms with Crippen molar-refractivity contribution in [3.8, 4) is 5.75 Å². The lowest BCUT2D eigenvalue weighted by Crippen LogP contribution is -2.42. The van der Waals surface area contributed by atoms with E-state index in [-0.39, 0.29) is 25.0 Å². The minimum atomic E-state index is -0.205. The highest BCUT2D eigenvalue weighted by molar-refractivity contribution is 5.85. The predicted octanol–water partition coefficient (Wildman–Crippen LogP) is 0.974. The van der Waals surface area contributed by atoms with Gasteiger partial charge < -0.3 is 20.3 Å². The Balaban J connectivity index is 2.56. The molecule has 0 atom stereocenters. The molecule has 0 heterocycles. The summed E-state index contributed by atoms with van der Waals surface area (Å²) in [6, 6.07) is 6.83. The number of likely N-dealkylation sites (N-methyl/N-ethyl adjacent to an activating group) is 1. The SMILES string of the molecule is CCCN(CC(=O)N(C)C)C(=O)COc1ccc(N)cc1. The van der Waals surface area contributed by atoms with Gasteiger partial charge in [0, 0.05) is 26.3 Å². The third kappa shape index (κ3) is 5.72. The largest absolute Gasteiger partial charge is 0.484 e. The Morgan fingerprint density at radius 1 is 1.14 bits per heavy atom. The van der Waals surface area contributed by atoms with Gasteiger partial charge >= 0.3 is 0 Å². The summed E-state index contributed by atoms with van der Waals surface area (Å²) >= 11 is 0. The molecule has 0 saturated heterocycles. The maximum atomic E-state index is 12.1. The number of rotatable bonds is 7. The molecule has 6 heteroatoms. The highest BCUT2D eigenvalue weighted by Gasteiger charge is 2.17. The van der Waals surface area contributed by atoms with Crippen molar-refractivity contribution in [1.82, 2.24) is 9.80 Å². The number of nitrogens with zero attached hydrogens (tertiary/aromatic N) is 2. The Kier molecular flexibility index (Phi) is 6.52. The predicted molar refractivity (Wildman–Crippen MR) is 81.9 cm³/mol. The molecule has 0 spiro atoms. The first-order valence-corrected chi connectivity index (χ1v) is 6.90. The Bertz CT molecular complexity index is 472. The topological polar surface area (TPSA) is 75.9 Å². The molecule has 0 radical (unpaired) electrons. The molecule has 2 N–H and O–H groups in total. The molecule has 21 heavy (non-hydrogen) atoms. The second-order valence-electron chi connectivity index (χ2n) is 4.96. The van der Waals surface area contributed by atoms with Crippen LogP contribution in [0, 0.1) is 0 Å². The minimum absolute atomic E-state index is 0.0742. The van der Waals surface area contributed by atoms with Gasteiger partial charge in [0.05, 0.1) is 6.54 Å². The molecular formula is C15H23N3O3. The zero-order chi connectivity index (χ0) is 15.8. The third-order valence-electron chi connectivity index (χ3n) is 2.91. The van der Waals surface area contributed by atoms with Gasteiger partial charge in [-0.3, -0.25) is 9.59 Å². The number of nitrogens with two attached hydrogens (primary N) is 1. The number of nitrogen functional groups attached to an aromatic ring is 1. The molecule has 116 valence electrons. The van der Waals surface area contributed by atoms with E-state index in [1.54, 1.807) is 38.4 Å². The van der Waals surface area contributed by atoms with E-state index in [1.165, 1.54) is 9.80 Å². The Morgan fingerprint density at radius 3 is 2.29 bits per heavy atom. The first-order valence-electron chi connectivity index (χ1n) is 6.90. The number of hydrogen-bond acceptors (Lipinski definition) is 4. The van der Waals surface area contributed by atoms with Crippen molar-refractivity contribution in [2.75, 3.05) is 39.5 Å². The molecule has 0 aliphatic rings. The van der Waals surface area contributed by atoms with E-state index in [9.17, 15) is 9.59 Å². The summed E-state index contributed by atoms with van der Waals surface area (Å²) in [6.07, 6.45) is 0.786. The van der Waals surface area contributed by atoms with Crippen LogP contribution in [0.5, 0.6) is 5.75 Å². The fourth-order valence-electron chi connectivity index (χ4n) is 1.67. The van der Waals surface area contributed by atoms with Crippen LogP contribution >= 0.6 is 0 Å². The number of carbonyl (C=O) groups excluding carboxylic acids is 2. The number of anilines is 1. The van der Waals surface area contributed by atoms with Crippen LogP contribution < -0.4 is 10.5 Å². The molecule has 2 amide bonds. The molecule has 0 aromatic heterocycles. The van der Waals surface area contributed by atoms with E-state index < -0.39 is 0 Å². The summed E-state index contributed by atoms with van der Waals surface area (Å²) in [7, 11) is 3.34. The average Bonchev–Trinajstić information content (AvgIpc) is 2.45. The van der Waals surface area contributed by atoms with Gasteiger partial charge in [-0.15, -0.1) is 0 Å². The quantitative estimate of drug-likeness (QED) is 0.760. The lowest BCUT2D eigenvalue weighted by molar-refractivity contribution is -0.140. The molecule has 1 rings (SSSR count). The van der Waals surface area contributed by atoms with Crippen LogP contribution in [0.1, 0.15) is 13.3 Å². The third-order valence-corrected chi connectivity index (χ3v) is 2.91. The summed E-state index contributed by atoms with van der Waals surface area (Å²) in [4.78, 5) is 26.8. The van der Waals surface area contributed by atoms with Gasteiger partial charge in [-0.25, -0.2) is 0 Å². The van der Waals surface area contributed by atoms with Crippen molar-refractivity contribution in [3.05, 3.63) is 24.3 Å². The maximum absolute atomic E-state index is 12.1. The van der Waals surface area contributed by atoms with E-state index in [1.807, 2.05) is 6.92 Å². The zero-order valence-electron chi connectivity index (χ0n) is 12.8. The smallest absolute Gasteiger partial charge is 0.260 e. The number of hydrogen-bond donors (Lipinski definition) is 1. The van der Waals surface area contributed by atoms with Crippen LogP contribution in [0.2, 0.25) is 0 Å². The summed E-state index contributed by atoms with van der Waals surface area (Å²) in [5, 5.41) is 0. The van der Waals surface area contributed by atoms with E-state index in [2.05, 4.69) is 0 Å². The molecule has 0 unspecified atom stereocenters. The van der Waals surface area contributed by atoms with Crippen molar-refractivity contribution in [2.45, 2.75) is 13.3 Å². The van der Waals surface area contributed by atoms with Crippen molar-refractivity contribution < 1.29 is 14.3 Å². The lowest BCUT2D eigenvalue weighted by atomic mass is 10.3. The van der Waals surface area contributed by atoms with Gasteiger partial charge in [0.25, 0.3) is 5.91 Å². The zero-order valence-corrected chi connectivity index (χ0v) is 12.8. The van der Waals surface area contributed by atoms with Crippen LogP contribution in [0.4, 0.5) is 5.69 Å². The normalized spacial score (nSPS) is 10.0. The summed E-state index contributed by atoms with van der Waals surface area (Å²) < 4.78 is 5.42. The van der Waals surface area contributed by atoms with Crippen molar-refractivity contribution in [2.24, 2.45) is 0 Å². The van der Waals surface area contributed by atoms with Gasteiger partial charge in [0.1, 0.15) is 5.75 Å². The Hall–Kier alpha value is -2.24. The fraction of sp³-hybridized carbons (Fsp3) is 0.467. The van der Waals surface area contributed by atoms with Crippen molar-refractivity contribution in [1.29, 1.82) is 0 Å². The van der Waals surface area contributed by atoms with E-state index in [4.69, 9.17) is 10.5 Å². The van der Waals surface area contributed by atoms with Crippen molar-refractivity contribution >= 4 is 17.5 Å². The van der Waals surface area contributed by atoms with Gasteiger partial charge in [-0.2, -0.15) is 0 Å². The average molecular weight is 293 g/mol. The van der Waals surface area contributed by atoms with E-state index in [0.29, 0.717) is 18.0 Å². The molecule has 0 aliphatic heterocycles. The standard InChI is InChI=1S/C15H23N3O3/c1-4-9-18(10-14(19)17(2)3)15(20)11-21-13-7-5-12(16)6-8-13/h5-8H,4,9-11,16H2,1-3H3. The fourth-order valence-corrected chi connectivity index (χ4v) is 1.67. The van der Waals surface area contributed by atoms with Gasteiger partial charge in [0.2, 0.25) is 5.91 Å². The molecule has 0 bridgehead atoms. The van der Waals surface area contributed by atoms with Crippen LogP contribution in [0.15, 0.2) is 24.3 Å².